The molecular formula is C30H28N6O2. The number of rotatable bonds is 7. The zero-order valence-corrected chi connectivity index (χ0v) is 20.9. The lowest BCUT2D eigenvalue weighted by Crippen LogP contribution is -2.43. The van der Waals surface area contributed by atoms with Gasteiger partial charge >= 0.3 is 6.03 Å². The molecular weight excluding hydrogens is 476 g/mol. The largest absolute Gasteiger partial charge is 0.384 e. The quantitative estimate of drug-likeness (QED) is 0.169. The fourth-order valence-corrected chi connectivity index (χ4v) is 4.93. The molecule has 4 aromatic carbocycles. The first kappa shape index (κ1) is 24.7. The summed E-state index contributed by atoms with van der Waals surface area (Å²) in [5, 5.41) is 17.2. The topological polar surface area (TPSA) is 140 Å². The molecule has 0 spiro atoms. The summed E-state index contributed by atoms with van der Waals surface area (Å²) < 4.78 is 0. The SMILES string of the molecule is CC1(c2ccccc2)C(=O)N(Cc2ccc3ccc(C(=N)N)cc3c2)C(=O)N1Cc1ccc(C(=N)N)cc1. The van der Waals surface area contributed by atoms with Gasteiger partial charge in [0.05, 0.1) is 6.54 Å². The minimum absolute atomic E-state index is 0.0205. The molecule has 4 aromatic rings. The summed E-state index contributed by atoms with van der Waals surface area (Å²) in [6.07, 6.45) is 0. The van der Waals surface area contributed by atoms with Crippen LogP contribution in [-0.4, -0.2) is 33.4 Å². The number of urea groups is 1. The monoisotopic (exact) mass is 504 g/mol. The van der Waals surface area contributed by atoms with Crippen molar-refractivity contribution in [3.05, 3.63) is 119 Å². The van der Waals surface area contributed by atoms with E-state index in [1.54, 1.807) is 30.0 Å². The highest BCUT2D eigenvalue weighted by atomic mass is 16.2. The van der Waals surface area contributed by atoms with E-state index >= 15 is 0 Å². The predicted octanol–water partition coefficient (Wildman–Crippen LogP) is 4.29. The molecule has 5 rings (SSSR count). The van der Waals surface area contributed by atoms with E-state index in [1.807, 2.05) is 72.8 Å². The van der Waals surface area contributed by atoms with Crippen molar-refractivity contribution in [2.75, 3.05) is 0 Å². The fraction of sp³-hybridized carbons (Fsp3) is 0.133. The summed E-state index contributed by atoms with van der Waals surface area (Å²) in [6, 6.07) is 27.3. The van der Waals surface area contributed by atoms with E-state index in [9.17, 15) is 9.59 Å². The minimum Gasteiger partial charge on any atom is -0.384 e. The number of nitrogen functional groups attached to an aromatic ring is 2. The van der Waals surface area contributed by atoms with Crippen LogP contribution in [0.3, 0.4) is 0 Å². The van der Waals surface area contributed by atoms with Crippen LogP contribution in [0.1, 0.15) is 34.7 Å². The van der Waals surface area contributed by atoms with Gasteiger partial charge in [-0.2, -0.15) is 0 Å². The first-order chi connectivity index (χ1) is 18.2. The van der Waals surface area contributed by atoms with E-state index in [0.29, 0.717) is 11.1 Å². The van der Waals surface area contributed by atoms with Crippen molar-refractivity contribution in [1.29, 1.82) is 10.8 Å². The minimum atomic E-state index is -1.20. The molecule has 6 N–H and O–H groups in total. The average Bonchev–Trinajstić information content (AvgIpc) is 3.10. The van der Waals surface area contributed by atoms with Crippen LogP contribution in [0.4, 0.5) is 4.79 Å². The third-order valence-electron chi connectivity index (χ3n) is 7.16. The predicted molar refractivity (Wildman–Crippen MR) is 148 cm³/mol. The zero-order valence-electron chi connectivity index (χ0n) is 20.9. The Morgan fingerprint density at radius 2 is 1.34 bits per heavy atom. The molecule has 0 saturated carbocycles. The number of hydrogen-bond donors (Lipinski definition) is 4. The van der Waals surface area contributed by atoms with Gasteiger partial charge in [-0.3, -0.25) is 20.5 Å². The van der Waals surface area contributed by atoms with Crippen LogP contribution in [0.2, 0.25) is 0 Å². The Morgan fingerprint density at radius 3 is 2.00 bits per heavy atom. The van der Waals surface area contributed by atoms with Gasteiger partial charge in [-0.15, -0.1) is 0 Å². The molecule has 8 heteroatoms. The highest BCUT2D eigenvalue weighted by molar-refractivity contribution is 6.07. The van der Waals surface area contributed by atoms with Crippen LogP contribution in [0.5, 0.6) is 0 Å². The van der Waals surface area contributed by atoms with Crippen molar-refractivity contribution in [3.63, 3.8) is 0 Å². The molecule has 190 valence electrons. The Labute approximate surface area is 220 Å². The Balaban J connectivity index is 1.51. The van der Waals surface area contributed by atoms with Gasteiger partial charge in [0, 0.05) is 17.7 Å². The van der Waals surface area contributed by atoms with Crippen LogP contribution in [0.25, 0.3) is 10.8 Å². The average molecular weight is 505 g/mol. The molecule has 8 nitrogen and oxygen atoms in total. The van der Waals surface area contributed by atoms with Crippen LogP contribution in [-0.2, 0) is 23.4 Å². The molecule has 0 aliphatic carbocycles. The second-order valence-electron chi connectivity index (χ2n) is 9.62. The number of nitrogens with two attached hydrogens (primary N) is 2. The highest BCUT2D eigenvalue weighted by Gasteiger charge is 2.55. The van der Waals surface area contributed by atoms with E-state index in [0.717, 1.165) is 27.5 Å². The van der Waals surface area contributed by atoms with Gasteiger partial charge in [0.1, 0.15) is 17.2 Å². The summed E-state index contributed by atoms with van der Waals surface area (Å²) in [5.41, 5.74) is 13.6. The molecule has 0 radical (unpaired) electrons. The summed E-state index contributed by atoms with van der Waals surface area (Å²) >= 11 is 0. The number of amidine groups is 2. The Kier molecular flexibility index (Phi) is 6.16. The maximum absolute atomic E-state index is 14.0. The second kappa shape index (κ2) is 9.48. The van der Waals surface area contributed by atoms with Gasteiger partial charge in [-0.25, -0.2) is 4.79 Å². The van der Waals surface area contributed by atoms with Crippen LogP contribution in [0, 0.1) is 10.8 Å². The lowest BCUT2D eigenvalue weighted by Gasteiger charge is -2.32. The summed E-state index contributed by atoms with van der Waals surface area (Å²) in [5.74, 6) is -0.352. The van der Waals surface area contributed by atoms with Crippen molar-refractivity contribution in [2.45, 2.75) is 25.6 Å². The number of amides is 3. The van der Waals surface area contributed by atoms with Crippen LogP contribution >= 0.6 is 0 Å². The van der Waals surface area contributed by atoms with Gasteiger partial charge < -0.3 is 16.4 Å². The van der Waals surface area contributed by atoms with Gasteiger partial charge in [0.15, 0.2) is 0 Å². The summed E-state index contributed by atoms with van der Waals surface area (Å²) in [7, 11) is 0. The number of nitrogens with zero attached hydrogens (tertiary/aromatic N) is 2. The standard InChI is InChI=1S/C30H28N6O2/c1-30(25-5-3-2-4-6-25)28(37)35(29(38)36(30)18-19-7-11-22(12-8-19)26(31)32)17-20-9-10-21-13-14-23(27(33)34)16-24(21)15-20/h2-16H,17-18H2,1H3,(H3,31,32)(H3,33,34). The molecule has 1 heterocycles. The number of nitrogens with one attached hydrogen (secondary N) is 2. The molecule has 1 atom stereocenters. The van der Waals surface area contributed by atoms with Gasteiger partial charge in [0.25, 0.3) is 5.91 Å². The molecule has 1 fully saturated rings. The molecule has 1 aliphatic rings. The maximum Gasteiger partial charge on any atom is 0.328 e. The van der Waals surface area contributed by atoms with Gasteiger partial charge in [0.2, 0.25) is 0 Å². The lowest BCUT2D eigenvalue weighted by atomic mass is 9.90. The molecule has 1 aliphatic heterocycles. The van der Waals surface area contributed by atoms with E-state index in [-0.39, 0.29) is 36.7 Å². The number of carbonyl (C=O) groups is 2. The Morgan fingerprint density at radius 1 is 0.737 bits per heavy atom. The summed E-state index contributed by atoms with van der Waals surface area (Å²) in [6.45, 7) is 2.11. The second-order valence-corrected chi connectivity index (χ2v) is 9.62. The van der Waals surface area contributed by atoms with Crippen molar-refractivity contribution in [3.8, 4) is 0 Å². The first-order valence-corrected chi connectivity index (χ1v) is 12.2. The van der Waals surface area contributed by atoms with Gasteiger partial charge in [-0.1, -0.05) is 78.9 Å². The van der Waals surface area contributed by atoms with E-state index in [4.69, 9.17) is 22.3 Å². The van der Waals surface area contributed by atoms with Crippen molar-refractivity contribution in [2.24, 2.45) is 11.5 Å². The van der Waals surface area contributed by atoms with Gasteiger partial charge in [-0.05, 0) is 46.5 Å². The number of benzene rings is 4. The van der Waals surface area contributed by atoms with E-state index in [2.05, 4.69) is 0 Å². The molecule has 1 unspecified atom stereocenters. The highest BCUT2D eigenvalue weighted by Crippen LogP contribution is 2.39. The fourth-order valence-electron chi connectivity index (χ4n) is 4.93. The number of fused-ring (bicyclic) bond motifs is 1. The Bertz CT molecular complexity index is 1580. The third-order valence-corrected chi connectivity index (χ3v) is 7.16. The molecule has 0 bridgehead atoms. The van der Waals surface area contributed by atoms with Crippen molar-refractivity contribution < 1.29 is 9.59 Å². The zero-order chi connectivity index (χ0) is 27.0. The first-order valence-electron chi connectivity index (χ1n) is 12.2. The molecule has 0 aromatic heterocycles. The maximum atomic E-state index is 14.0. The van der Waals surface area contributed by atoms with Crippen molar-refractivity contribution in [1.82, 2.24) is 9.80 Å². The van der Waals surface area contributed by atoms with Crippen molar-refractivity contribution >= 4 is 34.4 Å². The number of imide groups is 1. The normalized spacial score (nSPS) is 17.3. The van der Waals surface area contributed by atoms with Crippen LogP contribution in [0.15, 0.2) is 91.0 Å². The number of carbonyl (C=O) groups excluding carboxylic acids is 2. The van der Waals surface area contributed by atoms with E-state index in [1.165, 1.54) is 4.90 Å². The molecule has 3 amide bonds. The smallest absolute Gasteiger partial charge is 0.328 e. The third kappa shape index (κ3) is 4.26. The van der Waals surface area contributed by atoms with Crippen LogP contribution < -0.4 is 11.5 Å². The lowest BCUT2D eigenvalue weighted by molar-refractivity contribution is -0.133. The number of hydrogen-bond acceptors (Lipinski definition) is 4. The summed E-state index contributed by atoms with van der Waals surface area (Å²) in [4.78, 5) is 30.7. The Hall–Kier alpha value is -4.98. The van der Waals surface area contributed by atoms with E-state index < -0.39 is 5.54 Å². The molecule has 1 saturated heterocycles. The molecule has 38 heavy (non-hydrogen) atoms.